The normalized spacial score (nSPS) is 12.1. The van der Waals surface area contributed by atoms with Crippen LogP contribution in [-0.2, 0) is 16.1 Å². The quantitative estimate of drug-likeness (QED) is 0.791. The molecule has 0 amide bonds. The number of carbonyl (C=O) groups is 1. The Morgan fingerprint density at radius 3 is 2.65 bits per heavy atom. The third kappa shape index (κ3) is 3.45. The lowest BCUT2D eigenvalue weighted by molar-refractivity contribution is -0.143. The molecule has 0 aliphatic rings. The number of esters is 1. The molecule has 0 aliphatic carbocycles. The van der Waals surface area contributed by atoms with E-state index >= 15 is 0 Å². The van der Waals surface area contributed by atoms with Crippen LogP contribution in [0.5, 0.6) is 0 Å². The third-order valence-electron chi connectivity index (χ3n) is 3.21. The number of H-pyrrole nitrogens is 1. The molecule has 2 N–H and O–H groups in total. The summed E-state index contributed by atoms with van der Waals surface area (Å²) in [6, 6.07) is 9.80. The van der Waals surface area contributed by atoms with Gasteiger partial charge in [0.05, 0.1) is 12.8 Å². The minimum Gasteiger partial charge on any atom is -0.468 e. The van der Waals surface area contributed by atoms with Crippen molar-refractivity contribution >= 4 is 5.97 Å². The molecule has 0 spiro atoms. The van der Waals surface area contributed by atoms with Gasteiger partial charge in [0.25, 0.3) is 0 Å². The molecular weight excluding hydrogens is 254 g/mol. The van der Waals surface area contributed by atoms with Gasteiger partial charge in [-0.2, -0.15) is 5.10 Å². The predicted octanol–water partition coefficient (Wildman–Crippen LogP) is 2.12. The van der Waals surface area contributed by atoms with Crippen LogP contribution in [0.15, 0.2) is 36.5 Å². The van der Waals surface area contributed by atoms with Gasteiger partial charge in [-0.15, -0.1) is 0 Å². The molecule has 1 heterocycles. The molecule has 0 radical (unpaired) electrons. The molecule has 1 aromatic carbocycles. The van der Waals surface area contributed by atoms with Gasteiger partial charge in [-0.25, -0.2) is 0 Å². The highest BCUT2D eigenvalue weighted by atomic mass is 16.5. The van der Waals surface area contributed by atoms with E-state index in [0.29, 0.717) is 13.0 Å². The zero-order valence-electron chi connectivity index (χ0n) is 11.7. The minimum absolute atomic E-state index is 0.221. The Morgan fingerprint density at radius 1 is 1.35 bits per heavy atom. The van der Waals surface area contributed by atoms with E-state index in [1.807, 2.05) is 37.3 Å². The van der Waals surface area contributed by atoms with Gasteiger partial charge in [0.1, 0.15) is 6.04 Å². The van der Waals surface area contributed by atoms with Crippen molar-refractivity contribution in [1.29, 1.82) is 0 Å². The van der Waals surface area contributed by atoms with Gasteiger partial charge in [-0.3, -0.25) is 9.89 Å². The molecule has 0 fully saturated rings. The van der Waals surface area contributed by atoms with Crippen LogP contribution < -0.4 is 5.32 Å². The number of ether oxygens (including phenoxy) is 1. The van der Waals surface area contributed by atoms with Crippen molar-refractivity contribution in [3.8, 4) is 11.3 Å². The van der Waals surface area contributed by atoms with E-state index in [1.165, 1.54) is 7.11 Å². The Kier molecular flexibility index (Phi) is 4.90. The summed E-state index contributed by atoms with van der Waals surface area (Å²) in [7, 11) is 1.41. The molecule has 0 saturated heterocycles. The fourth-order valence-electron chi connectivity index (χ4n) is 2.00. The molecule has 2 rings (SSSR count). The number of aromatic amines is 1. The van der Waals surface area contributed by atoms with Crippen molar-refractivity contribution in [1.82, 2.24) is 15.5 Å². The van der Waals surface area contributed by atoms with Crippen LogP contribution in [0, 0.1) is 0 Å². The van der Waals surface area contributed by atoms with E-state index in [2.05, 4.69) is 15.5 Å². The minimum atomic E-state index is -0.257. The summed E-state index contributed by atoms with van der Waals surface area (Å²) in [5.41, 5.74) is 3.20. The highest BCUT2D eigenvalue weighted by Crippen LogP contribution is 2.16. The largest absolute Gasteiger partial charge is 0.468 e. The van der Waals surface area contributed by atoms with Gasteiger partial charge >= 0.3 is 5.97 Å². The van der Waals surface area contributed by atoms with Gasteiger partial charge in [0, 0.05) is 12.7 Å². The second kappa shape index (κ2) is 6.86. The summed E-state index contributed by atoms with van der Waals surface area (Å²) in [5, 5.41) is 10.1. The van der Waals surface area contributed by atoms with Crippen LogP contribution in [0.1, 0.15) is 18.9 Å². The standard InChI is InChI=1S/C15H19N3O2/c1-3-13(15(19)20-2)16-10-11-4-6-12(7-5-11)14-8-9-17-18-14/h4-9,13,16H,3,10H2,1-2H3,(H,17,18). The van der Waals surface area contributed by atoms with Crippen molar-refractivity contribution in [2.75, 3.05) is 7.11 Å². The Balaban J connectivity index is 1.95. The molecule has 0 bridgehead atoms. The zero-order valence-corrected chi connectivity index (χ0v) is 11.7. The highest BCUT2D eigenvalue weighted by molar-refractivity contribution is 5.75. The first-order valence-corrected chi connectivity index (χ1v) is 6.64. The Labute approximate surface area is 118 Å². The molecule has 0 saturated carbocycles. The number of aromatic nitrogens is 2. The van der Waals surface area contributed by atoms with Gasteiger partial charge in [-0.1, -0.05) is 31.2 Å². The number of rotatable bonds is 6. The molecule has 2 aromatic rings. The Hall–Kier alpha value is -2.14. The molecule has 1 unspecified atom stereocenters. The van der Waals surface area contributed by atoms with Gasteiger partial charge in [-0.05, 0) is 23.6 Å². The van der Waals surface area contributed by atoms with E-state index in [0.717, 1.165) is 16.8 Å². The van der Waals surface area contributed by atoms with Crippen LogP contribution in [0.3, 0.4) is 0 Å². The first-order chi connectivity index (χ1) is 9.74. The van der Waals surface area contributed by atoms with Gasteiger partial charge < -0.3 is 10.1 Å². The molecule has 1 aromatic heterocycles. The number of hydrogen-bond donors (Lipinski definition) is 2. The lowest BCUT2D eigenvalue weighted by Gasteiger charge is -2.14. The molecule has 5 nitrogen and oxygen atoms in total. The first kappa shape index (κ1) is 14.3. The summed E-state index contributed by atoms with van der Waals surface area (Å²) >= 11 is 0. The fraction of sp³-hybridized carbons (Fsp3) is 0.333. The average Bonchev–Trinajstić information content (AvgIpc) is 3.02. The molecular formula is C15H19N3O2. The molecule has 5 heteroatoms. The summed E-state index contributed by atoms with van der Waals surface area (Å²) in [4.78, 5) is 11.5. The topological polar surface area (TPSA) is 67.0 Å². The van der Waals surface area contributed by atoms with Crippen LogP contribution in [-0.4, -0.2) is 29.3 Å². The SMILES string of the molecule is CCC(NCc1ccc(-c2ccn[nH]2)cc1)C(=O)OC. The first-order valence-electron chi connectivity index (χ1n) is 6.64. The Morgan fingerprint density at radius 2 is 2.10 bits per heavy atom. The third-order valence-corrected chi connectivity index (χ3v) is 3.21. The van der Waals surface area contributed by atoms with Crippen LogP contribution in [0.25, 0.3) is 11.3 Å². The van der Waals surface area contributed by atoms with Crippen LogP contribution in [0.4, 0.5) is 0 Å². The molecule has 106 valence electrons. The molecule has 1 atom stereocenters. The molecule has 0 aliphatic heterocycles. The summed E-state index contributed by atoms with van der Waals surface area (Å²) in [6.45, 7) is 2.59. The van der Waals surface area contributed by atoms with Crippen LogP contribution in [0.2, 0.25) is 0 Å². The predicted molar refractivity (Wildman–Crippen MR) is 77.0 cm³/mol. The Bertz CT molecular complexity index is 535. The number of methoxy groups -OCH3 is 1. The van der Waals surface area contributed by atoms with E-state index < -0.39 is 0 Å². The van der Waals surface area contributed by atoms with Gasteiger partial charge in [0.15, 0.2) is 0 Å². The lowest BCUT2D eigenvalue weighted by Crippen LogP contribution is -2.36. The smallest absolute Gasteiger partial charge is 0.322 e. The van der Waals surface area contributed by atoms with Gasteiger partial charge in [0.2, 0.25) is 0 Å². The summed E-state index contributed by atoms with van der Waals surface area (Å²) < 4.78 is 4.75. The van der Waals surface area contributed by atoms with Crippen molar-refractivity contribution in [2.45, 2.75) is 25.9 Å². The fourth-order valence-corrected chi connectivity index (χ4v) is 2.00. The summed E-state index contributed by atoms with van der Waals surface area (Å²) in [6.07, 6.45) is 2.44. The number of nitrogens with one attached hydrogen (secondary N) is 2. The number of benzene rings is 1. The average molecular weight is 273 g/mol. The van der Waals surface area contributed by atoms with Crippen molar-refractivity contribution < 1.29 is 9.53 Å². The van der Waals surface area contributed by atoms with Crippen LogP contribution >= 0.6 is 0 Å². The number of hydrogen-bond acceptors (Lipinski definition) is 4. The maximum absolute atomic E-state index is 11.5. The maximum Gasteiger partial charge on any atom is 0.322 e. The number of carbonyl (C=O) groups excluding carboxylic acids is 1. The highest BCUT2D eigenvalue weighted by Gasteiger charge is 2.15. The molecule has 20 heavy (non-hydrogen) atoms. The monoisotopic (exact) mass is 273 g/mol. The second-order valence-electron chi connectivity index (χ2n) is 4.53. The van der Waals surface area contributed by atoms with E-state index in [1.54, 1.807) is 6.20 Å². The van der Waals surface area contributed by atoms with E-state index in [4.69, 9.17) is 4.74 Å². The van der Waals surface area contributed by atoms with E-state index in [-0.39, 0.29) is 12.0 Å². The van der Waals surface area contributed by atoms with Crippen molar-refractivity contribution in [3.05, 3.63) is 42.1 Å². The second-order valence-corrected chi connectivity index (χ2v) is 4.53. The summed E-state index contributed by atoms with van der Waals surface area (Å²) in [5.74, 6) is -0.221. The van der Waals surface area contributed by atoms with Crippen molar-refractivity contribution in [2.24, 2.45) is 0 Å². The maximum atomic E-state index is 11.5. The van der Waals surface area contributed by atoms with E-state index in [9.17, 15) is 4.79 Å². The lowest BCUT2D eigenvalue weighted by atomic mass is 10.1. The zero-order chi connectivity index (χ0) is 14.4. The number of nitrogens with zero attached hydrogens (tertiary/aromatic N) is 1. The van der Waals surface area contributed by atoms with Crippen molar-refractivity contribution in [3.63, 3.8) is 0 Å².